The third-order valence-electron chi connectivity index (χ3n) is 2.89. The first-order valence-corrected chi connectivity index (χ1v) is 5.68. The number of nitrogens with two attached hydrogens (primary N) is 1. The van der Waals surface area contributed by atoms with Crippen LogP contribution in [-0.2, 0) is 0 Å². The van der Waals surface area contributed by atoms with E-state index < -0.39 is 0 Å². The van der Waals surface area contributed by atoms with Gasteiger partial charge in [0, 0.05) is 6.04 Å². The quantitative estimate of drug-likeness (QED) is 0.706. The van der Waals surface area contributed by atoms with Crippen LogP contribution >= 0.6 is 0 Å². The molecule has 78 valence electrons. The van der Waals surface area contributed by atoms with Gasteiger partial charge in [-0.25, -0.2) is 0 Å². The van der Waals surface area contributed by atoms with Crippen LogP contribution in [0.5, 0.6) is 0 Å². The first-order valence-electron chi connectivity index (χ1n) is 5.68. The van der Waals surface area contributed by atoms with Gasteiger partial charge in [0.05, 0.1) is 0 Å². The number of hydrogen-bond donors (Lipinski definition) is 1. The first kappa shape index (κ1) is 11.0. The second kappa shape index (κ2) is 5.61. The van der Waals surface area contributed by atoms with Gasteiger partial charge in [-0.1, -0.05) is 13.8 Å². The van der Waals surface area contributed by atoms with Crippen molar-refractivity contribution in [1.82, 2.24) is 4.90 Å². The molecule has 1 unspecified atom stereocenters. The SMILES string of the molecule is CC(C)CC1CCCN1CCCN. The van der Waals surface area contributed by atoms with Crippen molar-refractivity contribution in [2.45, 2.75) is 45.6 Å². The summed E-state index contributed by atoms with van der Waals surface area (Å²) in [5.74, 6) is 0.837. The fourth-order valence-corrected chi connectivity index (χ4v) is 2.29. The summed E-state index contributed by atoms with van der Waals surface area (Å²) in [5.41, 5.74) is 5.53. The Balaban J connectivity index is 2.26. The van der Waals surface area contributed by atoms with Crippen LogP contribution in [0.15, 0.2) is 0 Å². The van der Waals surface area contributed by atoms with Crippen LogP contribution in [0, 0.1) is 5.92 Å². The molecule has 0 bridgehead atoms. The summed E-state index contributed by atoms with van der Waals surface area (Å²) in [6.07, 6.45) is 5.32. The van der Waals surface area contributed by atoms with E-state index in [2.05, 4.69) is 18.7 Å². The minimum absolute atomic E-state index is 0.837. The second-order valence-corrected chi connectivity index (χ2v) is 4.60. The Morgan fingerprint density at radius 2 is 2.23 bits per heavy atom. The van der Waals surface area contributed by atoms with E-state index in [1.807, 2.05) is 0 Å². The van der Waals surface area contributed by atoms with Gasteiger partial charge in [-0.3, -0.25) is 0 Å². The van der Waals surface area contributed by atoms with Crippen LogP contribution < -0.4 is 5.73 Å². The number of rotatable bonds is 5. The van der Waals surface area contributed by atoms with E-state index in [9.17, 15) is 0 Å². The Morgan fingerprint density at radius 3 is 2.85 bits per heavy atom. The zero-order valence-electron chi connectivity index (χ0n) is 9.13. The highest BCUT2D eigenvalue weighted by molar-refractivity contribution is 4.79. The molecule has 1 heterocycles. The fourth-order valence-electron chi connectivity index (χ4n) is 2.29. The van der Waals surface area contributed by atoms with Gasteiger partial charge in [0.15, 0.2) is 0 Å². The lowest BCUT2D eigenvalue weighted by Gasteiger charge is -2.25. The van der Waals surface area contributed by atoms with Crippen LogP contribution in [0.2, 0.25) is 0 Å². The molecule has 1 rings (SSSR count). The van der Waals surface area contributed by atoms with Gasteiger partial charge in [-0.2, -0.15) is 0 Å². The van der Waals surface area contributed by atoms with Gasteiger partial charge >= 0.3 is 0 Å². The van der Waals surface area contributed by atoms with Crippen LogP contribution in [0.4, 0.5) is 0 Å². The number of nitrogens with zero attached hydrogens (tertiary/aromatic N) is 1. The van der Waals surface area contributed by atoms with Crippen molar-refractivity contribution in [3.05, 3.63) is 0 Å². The summed E-state index contributed by atoms with van der Waals surface area (Å²) in [5, 5.41) is 0. The molecule has 0 aromatic heterocycles. The average Bonchev–Trinajstić information content (AvgIpc) is 2.48. The Morgan fingerprint density at radius 1 is 1.46 bits per heavy atom. The van der Waals surface area contributed by atoms with Crippen molar-refractivity contribution >= 4 is 0 Å². The normalized spacial score (nSPS) is 24.5. The van der Waals surface area contributed by atoms with E-state index in [-0.39, 0.29) is 0 Å². The number of likely N-dealkylation sites (tertiary alicyclic amines) is 1. The summed E-state index contributed by atoms with van der Waals surface area (Å²) in [6, 6.07) is 0.853. The van der Waals surface area contributed by atoms with Gasteiger partial charge in [-0.05, 0) is 51.2 Å². The number of hydrogen-bond acceptors (Lipinski definition) is 2. The van der Waals surface area contributed by atoms with Crippen LogP contribution in [0.1, 0.15) is 39.5 Å². The molecule has 0 spiro atoms. The lowest BCUT2D eigenvalue weighted by Crippen LogP contribution is -2.32. The monoisotopic (exact) mass is 184 g/mol. The van der Waals surface area contributed by atoms with Gasteiger partial charge in [0.2, 0.25) is 0 Å². The van der Waals surface area contributed by atoms with Gasteiger partial charge < -0.3 is 10.6 Å². The average molecular weight is 184 g/mol. The van der Waals surface area contributed by atoms with E-state index in [0.29, 0.717) is 0 Å². The van der Waals surface area contributed by atoms with Crippen molar-refractivity contribution in [2.75, 3.05) is 19.6 Å². The zero-order valence-corrected chi connectivity index (χ0v) is 9.13. The molecule has 0 saturated carbocycles. The molecule has 0 amide bonds. The molecule has 2 nitrogen and oxygen atoms in total. The summed E-state index contributed by atoms with van der Waals surface area (Å²) < 4.78 is 0. The second-order valence-electron chi connectivity index (χ2n) is 4.60. The maximum atomic E-state index is 5.53. The van der Waals surface area contributed by atoms with E-state index in [4.69, 9.17) is 5.73 Å². The molecular weight excluding hydrogens is 160 g/mol. The Bertz CT molecular complexity index is 134. The first-order chi connectivity index (χ1) is 6.24. The molecule has 1 aliphatic rings. The van der Waals surface area contributed by atoms with Gasteiger partial charge in [0.25, 0.3) is 0 Å². The molecule has 1 saturated heterocycles. The molecular formula is C11H24N2. The zero-order chi connectivity index (χ0) is 9.68. The van der Waals surface area contributed by atoms with Crippen LogP contribution in [0.3, 0.4) is 0 Å². The molecule has 0 aliphatic carbocycles. The van der Waals surface area contributed by atoms with Crippen molar-refractivity contribution < 1.29 is 0 Å². The molecule has 13 heavy (non-hydrogen) atoms. The van der Waals surface area contributed by atoms with E-state index >= 15 is 0 Å². The predicted octanol–water partition coefficient (Wildman–Crippen LogP) is 1.85. The molecule has 1 atom stereocenters. The largest absolute Gasteiger partial charge is 0.330 e. The van der Waals surface area contributed by atoms with Crippen molar-refractivity contribution in [3.63, 3.8) is 0 Å². The molecule has 1 aliphatic heterocycles. The van der Waals surface area contributed by atoms with Crippen molar-refractivity contribution in [1.29, 1.82) is 0 Å². The molecule has 2 N–H and O–H groups in total. The lowest BCUT2D eigenvalue weighted by molar-refractivity contribution is 0.225. The Kier molecular flexibility index (Phi) is 4.74. The molecule has 0 aromatic carbocycles. The highest BCUT2D eigenvalue weighted by Gasteiger charge is 2.23. The highest BCUT2D eigenvalue weighted by Crippen LogP contribution is 2.22. The third-order valence-corrected chi connectivity index (χ3v) is 2.89. The minimum Gasteiger partial charge on any atom is -0.330 e. The van der Waals surface area contributed by atoms with Crippen LogP contribution in [-0.4, -0.2) is 30.6 Å². The lowest BCUT2D eigenvalue weighted by atomic mass is 10.0. The Hall–Kier alpha value is -0.0800. The third kappa shape index (κ3) is 3.65. The molecule has 1 fully saturated rings. The topological polar surface area (TPSA) is 29.3 Å². The molecule has 0 aromatic rings. The highest BCUT2D eigenvalue weighted by atomic mass is 15.2. The summed E-state index contributed by atoms with van der Waals surface area (Å²) in [4.78, 5) is 2.63. The van der Waals surface area contributed by atoms with E-state index in [1.54, 1.807) is 0 Å². The Labute approximate surface area is 82.5 Å². The smallest absolute Gasteiger partial charge is 0.00981 e. The maximum absolute atomic E-state index is 5.53. The summed E-state index contributed by atoms with van der Waals surface area (Å²) in [6.45, 7) is 8.00. The van der Waals surface area contributed by atoms with Crippen LogP contribution in [0.25, 0.3) is 0 Å². The van der Waals surface area contributed by atoms with E-state index in [1.165, 1.54) is 32.4 Å². The molecule has 0 radical (unpaired) electrons. The van der Waals surface area contributed by atoms with Crippen molar-refractivity contribution in [3.8, 4) is 0 Å². The summed E-state index contributed by atoms with van der Waals surface area (Å²) >= 11 is 0. The molecule has 2 heteroatoms. The fraction of sp³-hybridized carbons (Fsp3) is 1.00. The maximum Gasteiger partial charge on any atom is 0.00981 e. The van der Waals surface area contributed by atoms with Gasteiger partial charge in [-0.15, -0.1) is 0 Å². The standard InChI is InChI=1S/C11H24N2/c1-10(2)9-11-5-3-7-13(11)8-4-6-12/h10-11H,3-9,12H2,1-2H3. The summed E-state index contributed by atoms with van der Waals surface area (Å²) in [7, 11) is 0. The van der Waals surface area contributed by atoms with Gasteiger partial charge in [0.1, 0.15) is 0 Å². The minimum atomic E-state index is 0.837. The van der Waals surface area contributed by atoms with E-state index in [0.717, 1.165) is 24.9 Å². The predicted molar refractivity (Wildman–Crippen MR) is 57.7 cm³/mol. The van der Waals surface area contributed by atoms with Crippen molar-refractivity contribution in [2.24, 2.45) is 11.7 Å².